The van der Waals surface area contributed by atoms with Gasteiger partial charge in [0.05, 0.1) is 29.3 Å². The van der Waals surface area contributed by atoms with Gasteiger partial charge in [-0.1, -0.05) is 24.3 Å². The van der Waals surface area contributed by atoms with E-state index in [2.05, 4.69) is 32.4 Å². The van der Waals surface area contributed by atoms with Gasteiger partial charge in [-0.3, -0.25) is 0 Å². The third-order valence-electron chi connectivity index (χ3n) is 3.15. The Morgan fingerprint density at radius 1 is 1.25 bits per heavy atom. The van der Waals surface area contributed by atoms with Gasteiger partial charge in [-0.05, 0) is 11.5 Å². The van der Waals surface area contributed by atoms with Gasteiger partial charge in [-0.2, -0.15) is 0 Å². The molecule has 102 valence electrons. The molecule has 2 heterocycles. The van der Waals surface area contributed by atoms with Crippen LogP contribution in [-0.2, 0) is 12.4 Å². The molecule has 0 spiro atoms. The minimum absolute atomic E-state index is 0.419. The van der Waals surface area contributed by atoms with Crippen molar-refractivity contribution in [2.24, 2.45) is 0 Å². The average Bonchev–Trinajstić information content (AvgIpc) is 2.98. The van der Waals surface area contributed by atoms with Crippen LogP contribution >= 0.6 is 22.9 Å². The number of rotatable bonds is 4. The van der Waals surface area contributed by atoms with Crippen molar-refractivity contribution in [3.05, 3.63) is 52.6 Å². The Kier molecular flexibility index (Phi) is 3.85. The lowest BCUT2D eigenvalue weighted by molar-refractivity contribution is 0.875. The number of nitrogens with zero attached hydrogens (tertiary/aromatic N) is 3. The van der Waals surface area contributed by atoms with Crippen molar-refractivity contribution in [1.82, 2.24) is 9.97 Å². The summed E-state index contributed by atoms with van der Waals surface area (Å²) in [4.78, 5) is 11.1. The summed E-state index contributed by atoms with van der Waals surface area (Å²) in [6, 6.07) is 10.3. The molecule has 0 saturated carbocycles. The van der Waals surface area contributed by atoms with Crippen molar-refractivity contribution in [2.75, 3.05) is 11.9 Å². The zero-order chi connectivity index (χ0) is 13.9. The molecule has 0 bridgehead atoms. The standard InChI is InChI=1S/C15H14ClN3S/c1-19(8-13-9-20-10-17-13)15-14-5-3-2-4-11(14)6-12(7-16)18-15/h2-6,9-10H,7-8H2,1H3. The maximum atomic E-state index is 5.96. The van der Waals surface area contributed by atoms with Crippen molar-refractivity contribution < 1.29 is 0 Å². The number of thiazole rings is 1. The molecule has 3 rings (SSSR count). The Balaban J connectivity index is 2.04. The van der Waals surface area contributed by atoms with E-state index >= 15 is 0 Å². The summed E-state index contributed by atoms with van der Waals surface area (Å²) in [5.74, 6) is 1.37. The number of halogens is 1. The van der Waals surface area contributed by atoms with Gasteiger partial charge in [0.2, 0.25) is 0 Å². The number of pyridine rings is 1. The van der Waals surface area contributed by atoms with Gasteiger partial charge in [0.15, 0.2) is 0 Å². The van der Waals surface area contributed by atoms with E-state index in [1.165, 1.54) is 5.39 Å². The van der Waals surface area contributed by atoms with Crippen LogP contribution in [0.4, 0.5) is 5.82 Å². The van der Waals surface area contributed by atoms with Gasteiger partial charge < -0.3 is 4.90 Å². The highest BCUT2D eigenvalue weighted by Gasteiger charge is 2.11. The Bertz CT molecular complexity index is 712. The second-order valence-electron chi connectivity index (χ2n) is 4.63. The third kappa shape index (κ3) is 2.62. The lowest BCUT2D eigenvalue weighted by atomic mass is 10.1. The highest BCUT2D eigenvalue weighted by Crippen LogP contribution is 2.26. The van der Waals surface area contributed by atoms with Crippen LogP contribution in [0, 0.1) is 0 Å². The minimum Gasteiger partial charge on any atom is -0.353 e. The van der Waals surface area contributed by atoms with Gasteiger partial charge in [0.1, 0.15) is 5.82 Å². The molecule has 0 N–H and O–H groups in total. The van der Waals surface area contributed by atoms with E-state index in [1.807, 2.05) is 30.8 Å². The first-order valence-electron chi connectivity index (χ1n) is 6.31. The number of fused-ring (bicyclic) bond motifs is 1. The molecule has 5 heteroatoms. The van der Waals surface area contributed by atoms with Crippen LogP contribution < -0.4 is 4.90 Å². The molecule has 1 aromatic carbocycles. The molecule has 20 heavy (non-hydrogen) atoms. The largest absolute Gasteiger partial charge is 0.353 e. The molecule has 3 aromatic rings. The molecular weight excluding hydrogens is 290 g/mol. The van der Waals surface area contributed by atoms with Crippen molar-refractivity contribution in [1.29, 1.82) is 0 Å². The van der Waals surface area contributed by atoms with Crippen molar-refractivity contribution in [2.45, 2.75) is 12.4 Å². The molecule has 0 aliphatic rings. The number of hydrogen-bond donors (Lipinski definition) is 0. The summed E-state index contributed by atoms with van der Waals surface area (Å²) >= 11 is 7.56. The van der Waals surface area contributed by atoms with Crippen LogP contribution in [0.15, 0.2) is 41.2 Å². The first kappa shape index (κ1) is 13.3. The smallest absolute Gasteiger partial charge is 0.136 e. The molecule has 2 aromatic heterocycles. The van der Waals surface area contributed by atoms with Crippen molar-refractivity contribution >= 4 is 39.5 Å². The zero-order valence-electron chi connectivity index (χ0n) is 11.1. The Morgan fingerprint density at radius 3 is 2.85 bits per heavy atom. The van der Waals surface area contributed by atoms with E-state index in [9.17, 15) is 0 Å². The van der Waals surface area contributed by atoms with Crippen molar-refractivity contribution in [3.8, 4) is 0 Å². The number of alkyl halides is 1. The second-order valence-corrected chi connectivity index (χ2v) is 5.61. The number of aromatic nitrogens is 2. The van der Waals surface area contributed by atoms with E-state index in [0.717, 1.165) is 29.1 Å². The highest BCUT2D eigenvalue weighted by molar-refractivity contribution is 7.07. The van der Waals surface area contributed by atoms with Gasteiger partial charge in [0.25, 0.3) is 0 Å². The Hall–Kier alpha value is -1.65. The maximum Gasteiger partial charge on any atom is 0.136 e. The normalized spacial score (nSPS) is 10.9. The Labute approximate surface area is 126 Å². The topological polar surface area (TPSA) is 29.0 Å². The summed E-state index contributed by atoms with van der Waals surface area (Å²) in [6.07, 6.45) is 0. The fourth-order valence-electron chi connectivity index (χ4n) is 2.23. The molecule has 0 aliphatic heterocycles. The predicted octanol–water partition coefficient (Wildman–Crippen LogP) is 4.07. The fourth-order valence-corrected chi connectivity index (χ4v) is 2.91. The predicted molar refractivity (Wildman–Crippen MR) is 85.5 cm³/mol. The average molecular weight is 304 g/mol. The van der Waals surface area contributed by atoms with Crippen LogP contribution in [0.2, 0.25) is 0 Å². The molecule has 0 unspecified atom stereocenters. The molecule has 0 atom stereocenters. The van der Waals surface area contributed by atoms with Crippen LogP contribution in [0.1, 0.15) is 11.4 Å². The first-order chi connectivity index (χ1) is 9.78. The molecule has 3 nitrogen and oxygen atoms in total. The fraction of sp³-hybridized carbons (Fsp3) is 0.200. The number of benzene rings is 1. The monoisotopic (exact) mass is 303 g/mol. The van der Waals surface area contributed by atoms with Gasteiger partial charge >= 0.3 is 0 Å². The summed E-state index contributed by atoms with van der Waals surface area (Å²) in [7, 11) is 2.03. The molecule has 0 saturated heterocycles. The molecule has 0 amide bonds. The zero-order valence-corrected chi connectivity index (χ0v) is 12.7. The van der Waals surface area contributed by atoms with Gasteiger partial charge in [-0.15, -0.1) is 22.9 Å². The van der Waals surface area contributed by atoms with Gasteiger partial charge in [-0.25, -0.2) is 9.97 Å². The third-order valence-corrected chi connectivity index (χ3v) is 4.06. The summed E-state index contributed by atoms with van der Waals surface area (Å²) < 4.78 is 0. The van der Waals surface area contributed by atoms with E-state index in [0.29, 0.717) is 5.88 Å². The highest BCUT2D eigenvalue weighted by atomic mass is 35.5. The quantitative estimate of drug-likeness (QED) is 0.680. The van der Waals surface area contributed by atoms with Crippen molar-refractivity contribution in [3.63, 3.8) is 0 Å². The molecule has 0 fully saturated rings. The van der Waals surface area contributed by atoms with E-state index in [-0.39, 0.29) is 0 Å². The molecule has 0 radical (unpaired) electrons. The number of hydrogen-bond acceptors (Lipinski definition) is 4. The van der Waals surface area contributed by atoms with Crippen LogP contribution in [0.25, 0.3) is 10.8 Å². The van der Waals surface area contributed by atoms with E-state index in [4.69, 9.17) is 11.6 Å². The van der Waals surface area contributed by atoms with E-state index < -0.39 is 0 Å². The van der Waals surface area contributed by atoms with E-state index in [1.54, 1.807) is 11.3 Å². The molecular formula is C15H14ClN3S. The lowest BCUT2D eigenvalue weighted by Crippen LogP contribution is -2.18. The number of anilines is 1. The SMILES string of the molecule is CN(Cc1cscn1)c1nc(CCl)cc2ccccc12. The summed E-state index contributed by atoms with van der Waals surface area (Å²) in [5, 5.41) is 4.36. The maximum absolute atomic E-state index is 5.96. The Morgan fingerprint density at radius 2 is 2.10 bits per heavy atom. The van der Waals surface area contributed by atoms with Crippen LogP contribution in [0.3, 0.4) is 0 Å². The molecule has 0 aliphatic carbocycles. The first-order valence-corrected chi connectivity index (χ1v) is 7.78. The summed E-state index contributed by atoms with van der Waals surface area (Å²) in [6.45, 7) is 0.742. The second kappa shape index (κ2) is 5.77. The summed E-state index contributed by atoms with van der Waals surface area (Å²) in [5.41, 5.74) is 3.80. The van der Waals surface area contributed by atoms with Gasteiger partial charge in [0, 0.05) is 17.8 Å². The van der Waals surface area contributed by atoms with Crippen LogP contribution in [0.5, 0.6) is 0 Å². The minimum atomic E-state index is 0.419. The van der Waals surface area contributed by atoms with Crippen LogP contribution in [-0.4, -0.2) is 17.0 Å². The lowest BCUT2D eigenvalue weighted by Gasteiger charge is -2.20.